The monoisotopic (exact) mass is 232 g/mol. The van der Waals surface area contributed by atoms with E-state index < -0.39 is 30.8 Å². The molecule has 0 spiro atoms. The van der Waals surface area contributed by atoms with Gasteiger partial charge in [0, 0.05) is 34.7 Å². The third-order valence-corrected chi connectivity index (χ3v) is 2.06. The number of rotatable bonds is 7. The molecule has 0 aromatic heterocycles. The molecule has 0 aliphatic carbocycles. The summed E-state index contributed by atoms with van der Waals surface area (Å²) in [5.41, 5.74) is 16.3. The van der Waals surface area contributed by atoms with Crippen LogP contribution in [0.4, 0.5) is 8.78 Å². The zero-order chi connectivity index (χ0) is 12.6. The molecule has 0 rings (SSSR count). The molecule has 0 aromatic rings. The van der Waals surface area contributed by atoms with Crippen molar-refractivity contribution >= 4 is 0 Å². The van der Waals surface area contributed by atoms with Crippen molar-refractivity contribution in [2.75, 3.05) is 0 Å². The molecule has 8 heteroatoms. The summed E-state index contributed by atoms with van der Waals surface area (Å²) in [5, 5.41) is 6.46. The van der Waals surface area contributed by atoms with Crippen molar-refractivity contribution in [3.05, 3.63) is 20.9 Å². The van der Waals surface area contributed by atoms with E-state index in [2.05, 4.69) is 20.1 Å². The first-order chi connectivity index (χ1) is 7.45. The van der Waals surface area contributed by atoms with E-state index in [-0.39, 0.29) is 0 Å². The Labute approximate surface area is 91.9 Å². The summed E-state index contributed by atoms with van der Waals surface area (Å²) in [6.07, 6.45) is -0.692. The summed E-state index contributed by atoms with van der Waals surface area (Å²) in [5.74, 6) is -2.98. The molecule has 0 saturated carbocycles. The van der Waals surface area contributed by atoms with E-state index in [4.69, 9.17) is 11.1 Å². The lowest BCUT2D eigenvalue weighted by Gasteiger charge is -2.20. The average molecular weight is 232 g/mol. The van der Waals surface area contributed by atoms with E-state index in [1.54, 1.807) is 6.92 Å². The van der Waals surface area contributed by atoms with Crippen LogP contribution in [0.3, 0.4) is 0 Å². The second-order valence-corrected chi connectivity index (χ2v) is 3.59. The third-order valence-electron chi connectivity index (χ3n) is 2.06. The van der Waals surface area contributed by atoms with Gasteiger partial charge in [0.05, 0.1) is 0 Å². The van der Waals surface area contributed by atoms with Gasteiger partial charge in [-0.2, -0.15) is 0 Å². The Kier molecular flexibility index (Phi) is 6.22. The summed E-state index contributed by atoms with van der Waals surface area (Å²) in [7, 11) is 0. The zero-order valence-electron chi connectivity index (χ0n) is 9.22. The van der Waals surface area contributed by atoms with E-state index in [1.807, 2.05) is 0 Å². The zero-order valence-corrected chi connectivity index (χ0v) is 9.22. The van der Waals surface area contributed by atoms with Gasteiger partial charge in [-0.3, -0.25) is 0 Å². The Balaban J connectivity index is 4.41. The van der Waals surface area contributed by atoms with Crippen LogP contribution >= 0.6 is 0 Å². The summed E-state index contributed by atoms with van der Waals surface area (Å²) in [6, 6.07) is -1.50. The van der Waals surface area contributed by atoms with Crippen LogP contribution in [0.15, 0.2) is 10.2 Å². The van der Waals surface area contributed by atoms with Crippen LogP contribution in [0, 0.1) is 0 Å². The number of alkyl halides is 2. The van der Waals surface area contributed by atoms with Crippen molar-refractivity contribution in [1.82, 2.24) is 0 Å². The number of halogens is 2. The molecule has 2 atom stereocenters. The summed E-state index contributed by atoms with van der Waals surface area (Å²) in [4.78, 5) is 4.98. The van der Waals surface area contributed by atoms with Crippen LogP contribution in [0.1, 0.15) is 33.1 Å². The third kappa shape index (κ3) is 6.06. The van der Waals surface area contributed by atoms with Crippen molar-refractivity contribution in [3.8, 4) is 0 Å². The Bertz CT molecular complexity index is 306. The van der Waals surface area contributed by atoms with Crippen molar-refractivity contribution in [2.24, 2.45) is 10.2 Å². The maximum absolute atomic E-state index is 13.4. The molecule has 0 N–H and O–H groups in total. The molecule has 0 radical (unpaired) electrons. The molecule has 6 nitrogen and oxygen atoms in total. The average Bonchev–Trinajstić information content (AvgIpc) is 2.16. The lowest BCUT2D eigenvalue weighted by atomic mass is 10.0. The lowest BCUT2D eigenvalue weighted by molar-refractivity contribution is -0.0264. The van der Waals surface area contributed by atoms with Crippen LogP contribution in [-0.4, -0.2) is 18.0 Å². The van der Waals surface area contributed by atoms with Gasteiger partial charge in [0.1, 0.15) is 0 Å². The van der Waals surface area contributed by atoms with Gasteiger partial charge < -0.3 is 0 Å². The number of azide groups is 2. The van der Waals surface area contributed by atoms with Gasteiger partial charge >= 0.3 is 0 Å². The number of nitrogens with zero attached hydrogens (tertiary/aromatic N) is 6. The van der Waals surface area contributed by atoms with Gasteiger partial charge in [-0.05, 0) is 17.5 Å². The van der Waals surface area contributed by atoms with E-state index in [1.165, 1.54) is 6.92 Å². The van der Waals surface area contributed by atoms with E-state index in [0.29, 0.717) is 6.42 Å². The van der Waals surface area contributed by atoms with Crippen LogP contribution in [0.2, 0.25) is 0 Å². The maximum atomic E-state index is 13.4. The van der Waals surface area contributed by atoms with Crippen molar-refractivity contribution in [2.45, 2.75) is 51.1 Å². The predicted molar refractivity (Wildman–Crippen MR) is 56.0 cm³/mol. The van der Waals surface area contributed by atoms with Gasteiger partial charge in [0.15, 0.2) is 0 Å². The number of hydrogen-bond donors (Lipinski definition) is 0. The van der Waals surface area contributed by atoms with Crippen LogP contribution in [0.5, 0.6) is 0 Å². The molecule has 0 aliphatic rings. The fraction of sp³-hybridized carbons (Fsp3) is 1.00. The van der Waals surface area contributed by atoms with Crippen molar-refractivity contribution < 1.29 is 8.78 Å². The first kappa shape index (κ1) is 14.5. The second kappa shape index (κ2) is 6.87. The predicted octanol–water partition coefficient (Wildman–Crippen LogP) is 4.19. The Morgan fingerprint density at radius 1 is 1.19 bits per heavy atom. The van der Waals surface area contributed by atoms with Gasteiger partial charge in [-0.1, -0.05) is 24.1 Å². The standard InChI is InChI=1S/C8H14F2N6/c1-3-7(14-16-12)5-8(9,10)4-6(2)13-15-11/h6-7H,3-5H2,1-2H3. The van der Waals surface area contributed by atoms with Crippen molar-refractivity contribution in [3.63, 3.8) is 0 Å². The van der Waals surface area contributed by atoms with Crippen LogP contribution in [0.25, 0.3) is 20.9 Å². The second-order valence-electron chi connectivity index (χ2n) is 3.59. The fourth-order valence-corrected chi connectivity index (χ4v) is 1.33. The first-order valence-corrected chi connectivity index (χ1v) is 4.91. The first-order valence-electron chi connectivity index (χ1n) is 4.91. The normalized spacial score (nSPS) is 14.5. The van der Waals surface area contributed by atoms with Gasteiger partial charge in [0.25, 0.3) is 0 Å². The van der Waals surface area contributed by atoms with Gasteiger partial charge in [-0.15, -0.1) is 0 Å². The molecule has 0 saturated heterocycles. The summed E-state index contributed by atoms with van der Waals surface area (Å²) >= 11 is 0. The van der Waals surface area contributed by atoms with Crippen LogP contribution < -0.4 is 0 Å². The smallest absolute Gasteiger partial charge is 0.207 e. The summed E-state index contributed by atoms with van der Waals surface area (Å²) in [6.45, 7) is 3.09. The highest BCUT2D eigenvalue weighted by Gasteiger charge is 2.33. The van der Waals surface area contributed by atoms with Crippen molar-refractivity contribution in [1.29, 1.82) is 0 Å². The van der Waals surface area contributed by atoms with Gasteiger partial charge in [-0.25, -0.2) is 8.78 Å². The Hall–Kier alpha value is -1.52. The Morgan fingerprint density at radius 3 is 2.19 bits per heavy atom. The molecule has 0 aromatic carbocycles. The highest BCUT2D eigenvalue weighted by molar-refractivity contribution is 4.80. The summed E-state index contributed by atoms with van der Waals surface area (Å²) < 4.78 is 26.8. The molecule has 0 aliphatic heterocycles. The molecule has 0 bridgehead atoms. The molecule has 0 fully saturated rings. The van der Waals surface area contributed by atoms with E-state index >= 15 is 0 Å². The molecule has 90 valence electrons. The highest BCUT2D eigenvalue weighted by Crippen LogP contribution is 2.29. The van der Waals surface area contributed by atoms with E-state index in [9.17, 15) is 8.78 Å². The topological polar surface area (TPSA) is 97.5 Å². The SMILES string of the molecule is CCC(CC(F)(F)CC(C)N=[N+]=[N-])N=[N+]=[N-]. The molecule has 2 unspecified atom stereocenters. The molecule has 0 amide bonds. The fourth-order valence-electron chi connectivity index (χ4n) is 1.33. The molecular weight excluding hydrogens is 218 g/mol. The lowest BCUT2D eigenvalue weighted by Crippen LogP contribution is -2.26. The molecule has 16 heavy (non-hydrogen) atoms. The minimum absolute atomic E-state index is 0.357. The van der Waals surface area contributed by atoms with Gasteiger partial charge in [0.2, 0.25) is 5.92 Å². The molecular formula is C8H14F2N6. The van der Waals surface area contributed by atoms with Crippen LogP contribution in [-0.2, 0) is 0 Å². The molecule has 0 heterocycles. The highest BCUT2D eigenvalue weighted by atomic mass is 19.3. The minimum atomic E-state index is -2.98. The Morgan fingerprint density at radius 2 is 1.75 bits per heavy atom. The van der Waals surface area contributed by atoms with E-state index in [0.717, 1.165) is 0 Å². The largest absolute Gasteiger partial charge is 0.248 e. The number of hydrogen-bond acceptors (Lipinski definition) is 2. The maximum Gasteiger partial charge on any atom is 0.248 e. The quantitative estimate of drug-likeness (QED) is 0.357. The minimum Gasteiger partial charge on any atom is -0.207 e.